The first-order chi connectivity index (χ1) is 9.40. The van der Waals surface area contributed by atoms with Crippen molar-refractivity contribution < 1.29 is 5.11 Å². The summed E-state index contributed by atoms with van der Waals surface area (Å²) in [6.07, 6.45) is 3.63. The second kappa shape index (κ2) is 6.27. The van der Waals surface area contributed by atoms with E-state index in [0.717, 1.165) is 0 Å². The molecular weight excluding hydrogens is 260 g/mol. The Morgan fingerprint density at radius 2 is 1.80 bits per heavy atom. The van der Waals surface area contributed by atoms with Gasteiger partial charge in [0.05, 0.1) is 0 Å². The Labute approximate surface area is 124 Å². The molecule has 20 heavy (non-hydrogen) atoms. The van der Waals surface area contributed by atoms with E-state index in [9.17, 15) is 5.11 Å². The second-order valence-electron chi connectivity index (χ2n) is 7.53. The number of benzene rings is 1. The van der Waals surface area contributed by atoms with Crippen LogP contribution < -0.4 is 0 Å². The molecule has 0 spiro atoms. The summed E-state index contributed by atoms with van der Waals surface area (Å²) in [5.74, 6) is 1.32. The van der Waals surface area contributed by atoms with Crippen LogP contribution in [0.25, 0.3) is 0 Å². The Morgan fingerprint density at radius 1 is 1.15 bits per heavy atom. The molecule has 0 radical (unpaired) electrons. The molecule has 0 heterocycles. The summed E-state index contributed by atoms with van der Waals surface area (Å²) in [6.45, 7) is 9.90. The van der Waals surface area contributed by atoms with Gasteiger partial charge in [-0.2, -0.15) is 0 Å². The summed E-state index contributed by atoms with van der Waals surface area (Å²) in [7, 11) is -1.07. The van der Waals surface area contributed by atoms with Crippen LogP contribution in [0.2, 0.25) is 25.7 Å². The highest BCUT2D eigenvalue weighted by atomic mass is 28.3. The Morgan fingerprint density at radius 3 is 2.35 bits per heavy atom. The zero-order chi connectivity index (χ0) is 14.8. The monoisotopic (exact) mass is 288 g/mol. The highest BCUT2D eigenvalue weighted by Gasteiger charge is 2.32. The highest BCUT2D eigenvalue weighted by molar-refractivity contribution is 6.76. The van der Waals surface area contributed by atoms with Gasteiger partial charge in [-0.3, -0.25) is 0 Å². The predicted molar refractivity (Wildman–Crippen MR) is 89.8 cm³/mol. The molecule has 2 heteroatoms. The lowest BCUT2D eigenvalue weighted by molar-refractivity contribution is 0.162. The van der Waals surface area contributed by atoms with E-state index in [-0.39, 0.29) is 6.61 Å². The van der Waals surface area contributed by atoms with Crippen LogP contribution in [0, 0.1) is 11.8 Å². The molecule has 0 saturated carbocycles. The van der Waals surface area contributed by atoms with Gasteiger partial charge in [0.1, 0.15) is 0 Å². The average molecular weight is 289 g/mol. The molecule has 110 valence electrons. The van der Waals surface area contributed by atoms with Crippen molar-refractivity contribution in [2.24, 2.45) is 11.8 Å². The lowest BCUT2D eigenvalue weighted by Gasteiger charge is -2.36. The number of allylic oxidation sites excluding steroid dienone is 2. The number of hydrogen-bond acceptors (Lipinski definition) is 1. The lowest BCUT2D eigenvalue weighted by atomic mass is 9.72. The molecule has 0 bridgehead atoms. The van der Waals surface area contributed by atoms with Crippen molar-refractivity contribution in [3.05, 3.63) is 47.5 Å². The summed E-state index contributed by atoms with van der Waals surface area (Å²) < 4.78 is 0. The third-order valence-electron chi connectivity index (χ3n) is 4.34. The molecule has 1 aliphatic rings. The van der Waals surface area contributed by atoms with Crippen molar-refractivity contribution in [1.82, 2.24) is 0 Å². The molecule has 0 amide bonds. The van der Waals surface area contributed by atoms with Gasteiger partial charge in [0.15, 0.2) is 0 Å². The van der Waals surface area contributed by atoms with Crippen molar-refractivity contribution in [3.63, 3.8) is 0 Å². The van der Waals surface area contributed by atoms with Crippen molar-refractivity contribution >= 4 is 8.07 Å². The van der Waals surface area contributed by atoms with E-state index in [0.29, 0.717) is 17.8 Å². The van der Waals surface area contributed by atoms with Crippen LogP contribution in [0.15, 0.2) is 42.0 Å². The Hall–Kier alpha value is -0.863. The van der Waals surface area contributed by atoms with Crippen molar-refractivity contribution in [3.8, 4) is 0 Å². The first-order valence-corrected chi connectivity index (χ1v) is 11.5. The smallest absolute Gasteiger partial charge is 0.0483 e. The minimum Gasteiger partial charge on any atom is -0.396 e. The molecule has 1 nitrogen and oxygen atoms in total. The molecule has 1 aliphatic carbocycles. The molecule has 1 aromatic carbocycles. The van der Waals surface area contributed by atoms with Gasteiger partial charge in [-0.05, 0) is 29.9 Å². The van der Waals surface area contributed by atoms with Gasteiger partial charge < -0.3 is 5.11 Å². The molecule has 1 aromatic rings. The van der Waals surface area contributed by atoms with E-state index in [2.05, 4.69) is 63.0 Å². The molecule has 0 aliphatic heterocycles. The summed E-state index contributed by atoms with van der Waals surface area (Å²) >= 11 is 0. The summed E-state index contributed by atoms with van der Waals surface area (Å²) in [5, 5.41) is 9.79. The first-order valence-electron chi connectivity index (χ1n) is 7.76. The molecule has 3 atom stereocenters. The molecule has 0 unspecified atom stereocenters. The van der Waals surface area contributed by atoms with Crippen LogP contribution in [-0.4, -0.2) is 19.8 Å². The van der Waals surface area contributed by atoms with E-state index >= 15 is 0 Å². The topological polar surface area (TPSA) is 20.2 Å². The van der Waals surface area contributed by atoms with E-state index in [4.69, 9.17) is 0 Å². The van der Waals surface area contributed by atoms with E-state index in [1.165, 1.54) is 18.0 Å². The van der Waals surface area contributed by atoms with Gasteiger partial charge in [-0.25, -0.2) is 0 Å². The maximum Gasteiger partial charge on any atom is 0.0483 e. The van der Waals surface area contributed by atoms with E-state index in [1.807, 2.05) is 0 Å². The molecule has 1 N–H and O–H groups in total. The van der Waals surface area contributed by atoms with Crippen LogP contribution in [0.3, 0.4) is 0 Å². The van der Waals surface area contributed by atoms with Crippen LogP contribution in [-0.2, 0) is 0 Å². The normalized spacial score (nSPS) is 27.2. The SMILES string of the molecule is C[C@@H]1CC(C[Si](C)(C)C)=C[C@H](c2ccccc2)[C@H]1CO. The Bertz CT molecular complexity index is 458. The maximum absolute atomic E-state index is 9.79. The fraction of sp³-hybridized carbons (Fsp3) is 0.556. The van der Waals surface area contributed by atoms with Crippen molar-refractivity contribution in [2.75, 3.05) is 6.61 Å². The van der Waals surface area contributed by atoms with Crippen LogP contribution >= 0.6 is 0 Å². The number of hydrogen-bond donors (Lipinski definition) is 1. The van der Waals surface area contributed by atoms with Crippen LogP contribution in [0.5, 0.6) is 0 Å². The number of aliphatic hydroxyl groups excluding tert-OH is 1. The average Bonchev–Trinajstić information content (AvgIpc) is 2.37. The van der Waals surface area contributed by atoms with Crippen LogP contribution in [0.1, 0.15) is 24.8 Å². The van der Waals surface area contributed by atoms with Crippen molar-refractivity contribution in [1.29, 1.82) is 0 Å². The fourth-order valence-electron chi connectivity index (χ4n) is 3.49. The molecule has 0 fully saturated rings. The third-order valence-corrected chi connectivity index (χ3v) is 5.86. The first kappa shape index (κ1) is 15.5. The van der Waals surface area contributed by atoms with Gasteiger partial charge in [-0.1, -0.05) is 68.5 Å². The zero-order valence-corrected chi connectivity index (χ0v) is 14.3. The third kappa shape index (κ3) is 3.83. The standard InChI is InChI=1S/C18H28OSi/c1-14-10-15(13-20(2,3)4)11-17(18(14)12-19)16-8-6-5-7-9-16/h5-9,11,14,17-19H,10,12-13H2,1-4H3/t14-,17-,18+/m1/s1. The maximum atomic E-state index is 9.79. The van der Waals surface area contributed by atoms with Gasteiger partial charge in [0, 0.05) is 20.6 Å². The van der Waals surface area contributed by atoms with Crippen LogP contribution in [0.4, 0.5) is 0 Å². The summed E-state index contributed by atoms with van der Waals surface area (Å²) in [4.78, 5) is 0. The van der Waals surface area contributed by atoms with Gasteiger partial charge in [0.2, 0.25) is 0 Å². The highest BCUT2D eigenvalue weighted by Crippen LogP contribution is 2.41. The molecule has 0 saturated heterocycles. The quantitative estimate of drug-likeness (QED) is 0.630. The predicted octanol–water partition coefficient (Wildman–Crippen LogP) is 4.68. The van der Waals surface area contributed by atoms with Gasteiger partial charge in [-0.15, -0.1) is 0 Å². The molecule has 0 aromatic heterocycles. The Kier molecular flexibility index (Phi) is 4.87. The molecule has 2 rings (SSSR count). The second-order valence-corrected chi connectivity index (χ2v) is 13.0. The fourth-order valence-corrected chi connectivity index (χ4v) is 5.11. The Balaban J connectivity index is 2.31. The molecular formula is C18H28OSi. The van der Waals surface area contributed by atoms with Crippen molar-refractivity contribution in [2.45, 2.75) is 44.9 Å². The largest absolute Gasteiger partial charge is 0.396 e. The number of rotatable bonds is 4. The van der Waals surface area contributed by atoms with Gasteiger partial charge in [0.25, 0.3) is 0 Å². The van der Waals surface area contributed by atoms with Gasteiger partial charge >= 0.3 is 0 Å². The summed E-state index contributed by atoms with van der Waals surface area (Å²) in [5.41, 5.74) is 2.97. The lowest BCUT2D eigenvalue weighted by Crippen LogP contribution is -2.29. The van der Waals surface area contributed by atoms with E-state index < -0.39 is 8.07 Å². The summed E-state index contributed by atoms with van der Waals surface area (Å²) in [6, 6.07) is 12.0. The number of aliphatic hydroxyl groups is 1. The minimum atomic E-state index is -1.07. The zero-order valence-electron chi connectivity index (χ0n) is 13.3. The minimum absolute atomic E-state index is 0.289. The van der Waals surface area contributed by atoms with E-state index in [1.54, 1.807) is 5.57 Å².